The van der Waals surface area contributed by atoms with Gasteiger partial charge >= 0.3 is 6.18 Å². The minimum absolute atomic E-state index is 0.0315. The highest BCUT2D eigenvalue weighted by molar-refractivity contribution is 7.99. The van der Waals surface area contributed by atoms with Crippen molar-refractivity contribution in [2.45, 2.75) is 24.3 Å². The third kappa shape index (κ3) is 5.58. The summed E-state index contributed by atoms with van der Waals surface area (Å²) in [7, 11) is 0. The largest absolute Gasteiger partial charge is 0.454 e. The molecule has 4 aromatic rings. The normalized spacial score (nSPS) is 12.6. The Balaban J connectivity index is 1.41. The van der Waals surface area contributed by atoms with E-state index in [1.54, 1.807) is 12.1 Å². The summed E-state index contributed by atoms with van der Waals surface area (Å²) in [6, 6.07) is 15.5. The van der Waals surface area contributed by atoms with Crippen LogP contribution < -0.4 is 20.3 Å². The van der Waals surface area contributed by atoms with Gasteiger partial charge in [0.05, 0.1) is 32.9 Å². The van der Waals surface area contributed by atoms with E-state index in [9.17, 15) is 22.8 Å². The summed E-state index contributed by atoms with van der Waals surface area (Å²) in [4.78, 5) is 30.7. The molecule has 0 bridgehead atoms. The number of benzene rings is 3. The highest BCUT2D eigenvalue weighted by Gasteiger charge is 2.31. The van der Waals surface area contributed by atoms with Crippen molar-refractivity contribution >= 4 is 45.9 Å². The Kier molecular flexibility index (Phi) is 7.22. The third-order valence-corrected chi connectivity index (χ3v) is 7.09. The van der Waals surface area contributed by atoms with Crippen molar-refractivity contribution in [2.75, 3.05) is 17.9 Å². The number of carbonyl (C=O) groups excluding carboxylic acids is 1. The quantitative estimate of drug-likeness (QED) is 0.228. The van der Waals surface area contributed by atoms with Crippen molar-refractivity contribution in [3.8, 4) is 11.5 Å². The second-order valence-corrected chi connectivity index (χ2v) is 9.69. The molecule has 3 aromatic carbocycles. The van der Waals surface area contributed by atoms with Gasteiger partial charge in [-0.15, -0.1) is 0 Å². The number of aryl methyl sites for hydroxylation is 1. The summed E-state index contributed by atoms with van der Waals surface area (Å²) in [6.07, 6.45) is -4.05. The summed E-state index contributed by atoms with van der Waals surface area (Å²) in [5.41, 5.74) is -0.0209. The molecule has 1 aliphatic rings. The van der Waals surface area contributed by atoms with E-state index in [1.807, 2.05) is 30.3 Å². The predicted octanol–water partition coefficient (Wildman–Crippen LogP) is 5.77. The highest BCUT2D eigenvalue weighted by Crippen LogP contribution is 2.36. The van der Waals surface area contributed by atoms with Crippen LogP contribution in [0.5, 0.6) is 11.5 Å². The van der Waals surface area contributed by atoms with E-state index >= 15 is 0 Å². The van der Waals surface area contributed by atoms with Crippen LogP contribution in [0.15, 0.2) is 70.6 Å². The molecule has 2 heterocycles. The molecule has 0 spiro atoms. The fraction of sp³-hybridized carbons (Fsp3) is 0.192. The van der Waals surface area contributed by atoms with Crippen molar-refractivity contribution in [3.63, 3.8) is 0 Å². The Hall–Kier alpha value is -3.70. The van der Waals surface area contributed by atoms with Gasteiger partial charge in [0.25, 0.3) is 5.56 Å². The van der Waals surface area contributed by atoms with Crippen LogP contribution in [0.25, 0.3) is 10.9 Å². The first kappa shape index (κ1) is 25.9. The first-order valence-electron chi connectivity index (χ1n) is 11.4. The summed E-state index contributed by atoms with van der Waals surface area (Å²) in [5.74, 6) is 0.0781. The zero-order chi connectivity index (χ0) is 26.9. The van der Waals surface area contributed by atoms with Gasteiger partial charge in [-0.3, -0.25) is 14.2 Å². The fourth-order valence-electron chi connectivity index (χ4n) is 3.90. The summed E-state index contributed by atoms with van der Waals surface area (Å²) >= 11 is 6.99. The Morgan fingerprint density at radius 1 is 1.08 bits per heavy atom. The molecule has 0 radical (unpaired) electrons. The van der Waals surface area contributed by atoms with Crippen molar-refractivity contribution in [1.29, 1.82) is 0 Å². The molecule has 0 fully saturated rings. The number of alkyl halides is 3. The Bertz CT molecular complexity index is 1580. The van der Waals surface area contributed by atoms with Crippen LogP contribution in [-0.4, -0.2) is 28.0 Å². The molecule has 1 aliphatic heterocycles. The lowest BCUT2D eigenvalue weighted by Crippen LogP contribution is -2.25. The molecule has 12 heteroatoms. The molecular formula is C26H19ClF3N3O4S. The monoisotopic (exact) mass is 561 g/mol. The van der Waals surface area contributed by atoms with Gasteiger partial charge < -0.3 is 14.8 Å². The molecule has 196 valence electrons. The van der Waals surface area contributed by atoms with Crippen molar-refractivity contribution < 1.29 is 27.4 Å². The second-order valence-electron chi connectivity index (χ2n) is 8.34. The average Bonchev–Trinajstić information content (AvgIpc) is 3.35. The SMILES string of the molecule is O=C(CSc1nc2cc3c(cc2c(=O)n1CCc1ccccc1)OCO3)Nc1cc(C(F)(F)F)ccc1Cl. The van der Waals surface area contributed by atoms with E-state index in [0.717, 1.165) is 35.5 Å². The molecule has 0 atom stereocenters. The molecule has 1 amide bonds. The van der Waals surface area contributed by atoms with Gasteiger partial charge in [-0.25, -0.2) is 4.98 Å². The maximum absolute atomic E-state index is 13.5. The standard InChI is InChI=1S/C26H19ClF3N3O4S/c27-18-7-6-16(26(28,29)30)10-20(18)31-23(34)13-38-25-32-19-12-22-21(36-14-37-22)11-17(19)24(35)33(25)9-8-15-4-2-1-3-5-15/h1-7,10-12H,8-9,13-14H2,(H,31,34). The molecule has 1 aromatic heterocycles. The molecule has 38 heavy (non-hydrogen) atoms. The number of ether oxygens (including phenoxy) is 2. The van der Waals surface area contributed by atoms with Crippen LogP contribution in [0.2, 0.25) is 5.02 Å². The molecule has 1 N–H and O–H groups in total. The molecular weight excluding hydrogens is 543 g/mol. The summed E-state index contributed by atoms with van der Waals surface area (Å²) in [6.45, 7) is 0.331. The number of fused-ring (bicyclic) bond motifs is 2. The highest BCUT2D eigenvalue weighted by atomic mass is 35.5. The lowest BCUT2D eigenvalue weighted by molar-refractivity contribution is -0.137. The van der Waals surface area contributed by atoms with Gasteiger partial charge in [0.2, 0.25) is 12.7 Å². The number of amides is 1. The average molecular weight is 562 g/mol. The number of aromatic nitrogens is 2. The molecule has 0 saturated carbocycles. The lowest BCUT2D eigenvalue weighted by atomic mass is 10.1. The number of anilines is 1. The Morgan fingerprint density at radius 3 is 2.55 bits per heavy atom. The van der Waals surface area contributed by atoms with Crippen LogP contribution in [0, 0.1) is 0 Å². The van der Waals surface area contributed by atoms with Gasteiger partial charge in [0.1, 0.15) is 0 Å². The van der Waals surface area contributed by atoms with Gasteiger partial charge in [-0.1, -0.05) is 53.7 Å². The Morgan fingerprint density at radius 2 is 1.82 bits per heavy atom. The van der Waals surface area contributed by atoms with Gasteiger partial charge in [-0.05, 0) is 36.2 Å². The van der Waals surface area contributed by atoms with E-state index in [4.69, 9.17) is 21.1 Å². The van der Waals surface area contributed by atoms with E-state index in [2.05, 4.69) is 10.3 Å². The summed E-state index contributed by atoms with van der Waals surface area (Å²) < 4.78 is 51.5. The second kappa shape index (κ2) is 10.6. The van der Waals surface area contributed by atoms with E-state index in [1.165, 1.54) is 4.57 Å². The number of halogens is 4. The molecule has 0 saturated heterocycles. The lowest BCUT2D eigenvalue weighted by Gasteiger charge is -2.14. The van der Waals surface area contributed by atoms with Crippen LogP contribution >= 0.6 is 23.4 Å². The maximum atomic E-state index is 13.5. The molecule has 0 unspecified atom stereocenters. The predicted molar refractivity (Wildman–Crippen MR) is 138 cm³/mol. The maximum Gasteiger partial charge on any atom is 0.416 e. The summed E-state index contributed by atoms with van der Waals surface area (Å²) in [5, 5.41) is 3.00. The number of thioether (sulfide) groups is 1. The third-order valence-electron chi connectivity index (χ3n) is 5.78. The zero-order valence-electron chi connectivity index (χ0n) is 19.5. The van der Waals surface area contributed by atoms with Crippen LogP contribution in [0.4, 0.5) is 18.9 Å². The van der Waals surface area contributed by atoms with Gasteiger partial charge in [0, 0.05) is 12.6 Å². The van der Waals surface area contributed by atoms with Crippen LogP contribution in [0.1, 0.15) is 11.1 Å². The van der Waals surface area contributed by atoms with Crippen molar-refractivity contribution in [3.05, 3.63) is 87.2 Å². The number of nitrogens with zero attached hydrogens (tertiary/aromatic N) is 2. The van der Waals surface area contributed by atoms with Crippen molar-refractivity contribution in [1.82, 2.24) is 9.55 Å². The first-order valence-corrected chi connectivity index (χ1v) is 12.7. The molecule has 0 aliphatic carbocycles. The van der Waals surface area contributed by atoms with E-state index in [-0.39, 0.29) is 34.0 Å². The minimum atomic E-state index is -4.59. The zero-order valence-corrected chi connectivity index (χ0v) is 21.1. The number of hydrogen-bond donors (Lipinski definition) is 1. The number of nitrogens with one attached hydrogen (secondary N) is 1. The Labute approximate surface area is 223 Å². The van der Waals surface area contributed by atoms with E-state index < -0.39 is 17.6 Å². The van der Waals surface area contributed by atoms with Gasteiger partial charge in [0.15, 0.2) is 16.7 Å². The molecule has 7 nitrogen and oxygen atoms in total. The minimum Gasteiger partial charge on any atom is -0.454 e. The van der Waals surface area contributed by atoms with Crippen LogP contribution in [-0.2, 0) is 23.9 Å². The fourth-order valence-corrected chi connectivity index (χ4v) is 4.89. The van der Waals surface area contributed by atoms with Gasteiger partial charge in [-0.2, -0.15) is 13.2 Å². The van der Waals surface area contributed by atoms with E-state index in [0.29, 0.717) is 35.4 Å². The first-order chi connectivity index (χ1) is 18.2. The molecule has 5 rings (SSSR count). The topological polar surface area (TPSA) is 82.5 Å². The van der Waals surface area contributed by atoms with Crippen molar-refractivity contribution in [2.24, 2.45) is 0 Å². The number of hydrogen-bond acceptors (Lipinski definition) is 6. The number of rotatable bonds is 7. The number of carbonyl (C=O) groups is 1. The smallest absolute Gasteiger partial charge is 0.416 e. The van der Waals surface area contributed by atoms with Crippen LogP contribution in [0.3, 0.4) is 0 Å².